The number of anilines is 1. The molecule has 0 radical (unpaired) electrons. The summed E-state index contributed by atoms with van der Waals surface area (Å²) in [7, 11) is 0. The van der Waals surface area contributed by atoms with Crippen molar-refractivity contribution in [1.82, 2.24) is 20.9 Å². The molecule has 1 aromatic heterocycles. The number of aliphatic carboxylic acids is 1. The van der Waals surface area contributed by atoms with E-state index in [1.54, 1.807) is 12.1 Å². The van der Waals surface area contributed by atoms with E-state index in [1.165, 1.54) is 12.4 Å². The topological polar surface area (TPSA) is 165 Å². The van der Waals surface area contributed by atoms with Gasteiger partial charge in [-0.25, -0.2) is 0 Å². The van der Waals surface area contributed by atoms with Crippen molar-refractivity contribution in [2.45, 2.75) is 44.8 Å². The lowest BCUT2D eigenvalue weighted by atomic mass is 9.85. The lowest BCUT2D eigenvalue weighted by Crippen LogP contribution is -2.42. The average Bonchev–Trinajstić information content (AvgIpc) is 2.82. The molecular formula is C25H31ClN6O5. The van der Waals surface area contributed by atoms with Gasteiger partial charge in [0.05, 0.1) is 49.1 Å². The second-order valence-electron chi connectivity index (χ2n) is 9.74. The van der Waals surface area contributed by atoms with E-state index in [0.29, 0.717) is 28.8 Å². The number of carboxylic acids is 1. The molecular weight excluding hydrogens is 500 g/mol. The standard InChI is InChI=1S/C25H31ClN6O5/c1-25(2,3)16-4-14(5-17(26)7-16)20(8-22(35)36)32-21(34)13-28-23(37)15-6-18(10-27-9-15)31-24-29-11-19(33)12-30-24/h4-7,9-10,19-20,33H,8,11-13H2,1-3H3,(H,28,37)(H,32,34)(H,35,36)(H2,29,30,31). The third kappa shape index (κ3) is 8.43. The lowest BCUT2D eigenvalue weighted by Gasteiger charge is -2.23. The van der Waals surface area contributed by atoms with E-state index in [4.69, 9.17) is 11.6 Å². The fourth-order valence-electron chi connectivity index (χ4n) is 3.57. The minimum absolute atomic E-state index is 0.209. The van der Waals surface area contributed by atoms with Crippen LogP contribution in [0.3, 0.4) is 0 Å². The van der Waals surface area contributed by atoms with Gasteiger partial charge in [-0.15, -0.1) is 0 Å². The van der Waals surface area contributed by atoms with Gasteiger partial charge in [-0.1, -0.05) is 38.4 Å². The third-order valence-corrected chi connectivity index (χ3v) is 5.76. The number of nitrogens with zero attached hydrogens (tertiary/aromatic N) is 2. The molecule has 2 atom stereocenters. The molecule has 37 heavy (non-hydrogen) atoms. The van der Waals surface area contributed by atoms with Crippen LogP contribution in [0.25, 0.3) is 0 Å². The molecule has 1 aliphatic heterocycles. The Hall–Kier alpha value is -3.70. The zero-order valence-corrected chi connectivity index (χ0v) is 21.6. The van der Waals surface area contributed by atoms with E-state index < -0.39 is 29.9 Å². The molecule has 1 aromatic carbocycles. The van der Waals surface area contributed by atoms with Crippen LogP contribution in [0.1, 0.15) is 54.7 Å². The molecule has 198 valence electrons. The second-order valence-corrected chi connectivity index (χ2v) is 10.2. The maximum Gasteiger partial charge on any atom is 0.305 e. The first-order valence-electron chi connectivity index (χ1n) is 11.7. The van der Waals surface area contributed by atoms with Gasteiger partial charge < -0.3 is 31.5 Å². The van der Waals surface area contributed by atoms with Crippen molar-refractivity contribution in [1.29, 1.82) is 0 Å². The van der Waals surface area contributed by atoms with Crippen molar-refractivity contribution < 1.29 is 24.6 Å². The normalized spacial score (nSPS) is 16.1. The summed E-state index contributed by atoms with van der Waals surface area (Å²) >= 11 is 6.27. The SMILES string of the molecule is CC(C)(C)c1cc(Cl)cc(C(CC(=O)O)NC(=O)CNC(=O)c2cncc(NC3=NCC(O)CN3)c2)c1. The molecule has 0 fully saturated rings. The van der Waals surface area contributed by atoms with E-state index in [-0.39, 0.29) is 30.5 Å². The fraction of sp³-hybridized carbons (Fsp3) is 0.400. The summed E-state index contributed by atoms with van der Waals surface area (Å²) in [6, 6.07) is 5.97. The number of aliphatic hydroxyl groups is 1. The van der Waals surface area contributed by atoms with E-state index >= 15 is 0 Å². The Balaban J connectivity index is 1.64. The summed E-state index contributed by atoms with van der Waals surface area (Å²) in [5.74, 6) is -1.73. The number of carboxylic acid groups (broad SMARTS) is 1. The van der Waals surface area contributed by atoms with Crippen molar-refractivity contribution in [3.8, 4) is 0 Å². The molecule has 1 aliphatic rings. The minimum atomic E-state index is -1.09. The maximum atomic E-state index is 12.6. The van der Waals surface area contributed by atoms with Gasteiger partial charge >= 0.3 is 5.97 Å². The number of carbonyl (C=O) groups excluding carboxylic acids is 2. The number of benzene rings is 1. The Morgan fingerprint density at radius 2 is 1.95 bits per heavy atom. The first-order chi connectivity index (χ1) is 17.4. The number of hydrogen-bond acceptors (Lipinski definition) is 8. The zero-order valence-electron chi connectivity index (χ0n) is 20.8. The van der Waals surface area contributed by atoms with Crippen molar-refractivity contribution in [2.75, 3.05) is 25.0 Å². The van der Waals surface area contributed by atoms with Crippen LogP contribution in [0.5, 0.6) is 0 Å². The number of halogens is 1. The number of carbonyl (C=O) groups is 3. The van der Waals surface area contributed by atoms with Crippen LogP contribution in [0.15, 0.2) is 41.7 Å². The summed E-state index contributed by atoms with van der Waals surface area (Å²) < 4.78 is 0. The summed E-state index contributed by atoms with van der Waals surface area (Å²) in [5, 5.41) is 30.4. The summed E-state index contributed by atoms with van der Waals surface area (Å²) in [5.41, 5.74) is 1.94. The van der Waals surface area contributed by atoms with Crippen LogP contribution < -0.4 is 21.3 Å². The van der Waals surface area contributed by atoms with Crippen molar-refractivity contribution in [2.24, 2.45) is 4.99 Å². The highest BCUT2D eigenvalue weighted by atomic mass is 35.5. The van der Waals surface area contributed by atoms with Gasteiger partial charge in [0.15, 0.2) is 5.96 Å². The van der Waals surface area contributed by atoms with Gasteiger partial charge in [-0.05, 0) is 34.7 Å². The maximum absolute atomic E-state index is 12.6. The molecule has 2 amide bonds. The minimum Gasteiger partial charge on any atom is -0.481 e. The van der Waals surface area contributed by atoms with Gasteiger partial charge in [0.25, 0.3) is 5.91 Å². The number of aliphatic hydroxyl groups excluding tert-OH is 1. The van der Waals surface area contributed by atoms with Gasteiger partial charge in [0.1, 0.15) is 0 Å². The van der Waals surface area contributed by atoms with E-state index in [0.717, 1.165) is 5.56 Å². The number of nitrogens with one attached hydrogen (secondary N) is 4. The molecule has 2 aromatic rings. The molecule has 2 unspecified atom stereocenters. The fourth-order valence-corrected chi connectivity index (χ4v) is 3.81. The van der Waals surface area contributed by atoms with Gasteiger partial charge in [-0.2, -0.15) is 0 Å². The van der Waals surface area contributed by atoms with E-state index in [9.17, 15) is 24.6 Å². The molecule has 0 saturated heterocycles. The second kappa shape index (κ2) is 12.0. The number of aliphatic imine (C=N–C) groups is 1. The number of guanidine groups is 1. The molecule has 0 spiro atoms. The highest BCUT2D eigenvalue weighted by molar-refractivity contribution is 6.30. The van der Waals surface area contributed by atoms with E-state index in [1.807, 2.05) is 32.9 Å². The Bertz CT molecular complexity index is 1200. The Morgan fingerprint density at radius 3 is 2.59 bits per heavy atom. The lowest BCUT2D eigenvalue weighted by molar-refractivity contribution is -0.137. The summed E-state index contributed by atoms with van der Waals surface area (Å²) in [6.45, 7) is 6.26. The van der Waals surface area contributed by atoms with Crippen LogP contribution >= 0.6 is 11.6 Å². The molecule has 11 nitrogen and oxygen atoms in total. The number of amides is 2. The molecule has 6 N–H and O–H groups in total. The smallest absolute Gasteiger partial charge is 0.305 e. The van der Waals surface area contributed by atoms with Crippen molar-refractivity contribution in [3.05, 3.63) is 58.4 Å². The molecule has 2 heterocycles. The number of pyridine rings is 1. The van der Waals surface area contributed by atoms with Crippen molar-refractivity contribution in [3.63, 3.8) is 0 Å². The van der Waals surface area contributed by atoms with Crippen LogP contribution in [0.2, 0.25) is 5.02 Å². The molecule has 12 heteroatoms. The first-order valence-corrected chi connectivity index (χ1v) is 12.1. The van der Waals surface area contributed by atoms with Crippen LogP contribution in [-0.2, 0) is 15.0 Å². The van der Waals surface area contributed by atoms with Crippen LogP contribution in [0, 0.1) is 0 Å². The van der Waals surface area contributed by atoms with E-state index in [2.05, 4.69) is 31.2 Å². The summed E-state index contributed by atoms with van der Waals surface area (Å²) in [4.78, 5) is 44.9. The van der Waals surface area contributed by atoms with Crippen molar-refractivity contribution >= 4 is 41.0 Å². The summed E-state index contributed by atoms with van der Waals surface area (Å²) in [6.07, 6.45) is 1.95. The number of β-amino-alcohol motifs (C(OH)–C–C–N with tert-alkyl or cyclic N) is 1. The molecule has 0 aliphatic carbocycles. The zero-order chi connectivity index (χ0) is 27.2. The van der Waals surface area contributed by atoms with Crippen LogP contribution in [-0.4, -0.2) is 64.7 Å². The number of rotatable bonds is 8. The molecule has 0 bridgehead atoms. The van der Waals surface area contributed by atoms with Gasteiger partial charge in [-0.3, -0.25) is 24.4 Å². The monoisotopic (exact) mass is 530 g/mol. The molecule has 0 saturated carbocycles. The first kappa shape index (κ1) is 27.9. The number of hydrogen-bond donors (Lipinski definition) is 6. The Morgan fingerprint density at radius 1 is 1.19 bits per heavy atom. The molecule has 3 rings (SSSR count). The Labute approximate surface area is 219 Å². The predicted octanol–water partition coefficient (Wildman–Crippen LogP) is 1.83. The van der Waals surface area contributed by atoms with Gasteiger partial charge in [0, 0.05) is 17.8 Å². The number of aromatic nitrogens is 1. The Kier molecular flexibility index (Phi) is 9.06. The quantitative estimate of drug-likeness (QED) is 0.301. The largest absolute Gasteiger partial charge is 0.481 e. The highest BCUT2D eigenvalue weighted by Gasteiger charge is 2.22. The van der Waals surface area contributed by atoms with Gasteiger partial charge in [0.2, 0.25) is 5.91 Å². The predicted molar refractivity (Wildman–Crippen MR) is 140 cm³/mol. The van der Waals surface area contributed by atoms with Crippen LogP contribution in [0.4, 0.5) is 5.69 Å². The average molecular weight is 531 g/mol. The third-order valence-electron chi connectivity index (χ3n) is 5.54. The highest BCUT2D eigenvalue weighted by Crippen LogP contribution is 2.30.